The second-order valence-corrected chi connectivity index (χ2v) is 6.99. The van der Waals surface area contributed by atoms with E-state index in [9.17, 15) is 9.59 Å². The molecule has 0 saturated heterocycles. The highest BCUT2D eigenvalue weighted by atomic mass is 79.9. The lowest BCUT2D eigenvalue weighted by Crippen LogP contribution is -2.29. The Kier molecular flexibility index (Phi) is 5.25. The van der Waals surface area contributed by atoms with E-state index < -0.39 is 0 Å². The molecule has 0 unspecified atom stereocenters. The molecule has 29 heavy (non-hydrogen) atoms. The molecule has 0 aliphatic heterocycles. The molecule has 0 saturated carbocycles. The molecular formula is C19H14BrN7O2. The summed E-state index contributed by atoms with van der Waals surface area (Å²) in [7, 11) is 0. The Morgan fingerprint density at radius 1 is 1.00 bits per heavy atom. The number of carbonyl (C=O) groups excluding carboxylic acids is 1. The van der Waals surface area contributed by atoms with Crippen molar-refractivity contribution in [3.8, 4) is 16.9 Å². The Labute approximate surface area is 173 Å². The minimum Gasteiger partial charge on any atom is -0.324 e. The molecule has 2 aromatic carbocycles. The van der Waals surface area contributed by atoms with E-state index in [1.54, 1.807) is 30.3 Å². The molecule has 2 aromatic heterocycles. The number of amides is 1. The van der Waals surface area contributed by atoms with Gasteiger partial charge in [-0.1, -0.05) is 28.1 Å². The van der Waals surface area contributed by atoms with Gasteiger partial charge in [0.15, 0.2) is 0 Å². The largest absolute Gasteiger partial charge is 0.324 e. The van der Waals surface area contributed by atoms with Gasteiger partial charge in [-0.15, -0.1) is 5.10 Å². The summed E-state index contributed by atoms with van der Waals surface area (Å²) in [5.41, 5.74) is 2.45. The third-order valence-corrected chi connectivity index (χ3v) is 4.59. The van der Waals surface area contributed by atoms with Crippen LogP contribution in [0.2, 0.25) is 0 Å². The number of benzene rings is 2. The molecule has 0 atom stereocenters. The first kappa shape index (κ1) is 18.7. The number of halogens is 1. The number of anilines is 1. The first-order valence-electron chi connectivity index (χ1n) is 8.56. The Morgan fingerprint density at radius 3 is 2.45 bits per heavy atom. The Hall–Kier alpha value is -3.66. The van der Waals surface area contributed by atoms with Gasteiger partial charge in [0.25, 0.3) is 5.56 Å². The van der Waals surface area contributed by atoms with Crippen molar-refractivity contribution in [1.29, 1.82) is 0 Å². The number of nitrogens with zero attached hydrogens (tertiary/aromatic N) is 6. The summed E-state index contributed by atoms with van der Waals surface area (Å²) in [6, 6.07) is 17.6. The summed E-state index contributed by atoms with van der Waals surface area (Å²) in [5, 5.41) is 18.0. The van der Waals surface area contributed by atoms with E-state index in [0.29, 0.717) is 11.4 Å². The molecule has 144 valence electrons. The van der Waals surface area contributed by atoms with Crippen molar-refractivity contribution in [3.05, 3.63) is 81.8 Å². The average Bonchev–Trinajstić information content (AvgIpc) is 3.26. The van der Waals surface area contributed by atoms with E-state index in [-0.39, 0.29) is 18.0 Å². The number of aromatic nitrogens is 6. The van der Waals surface area contributed by atoms with Crippen LogP contribution < -0.4 is 10.9 Å². The van der Waals surface area contributed by atoms with E-state index in [1.165, 1.54) is 17.1 Å². The summed E-state index contributed by atoms with van der Waals surface area (Å²) in [6.07, 6.45) is 1.48. The van der Waals surface area contributed by atoms with E-state index in [1.807, 2.05) is 24.3 Å². The number of hydrogen-bond acceptors (Lipinski definition) is 6. The average molecular weight is 452 g/mol. The predicted octanol–water partition coefficient (Wildman–Crippen LogP) is 2.29. The molecule has 4 rings (SSSR count). The summed E-state index contributed by atoms with van der Waals surface area (Å²) in [5.74, 6) is -0.359. The van der Waals surface area contributed by atoms with Crippen molar-refractivity contribution in [2.75, 3.05) is 5.32 Å². The zero-order valence-corrected chi connectivity index (χ0v) is 16.5. The summed E-state index contributed by atoms with van der Waals surface area (Å²) in [6.45, 7) is -0.196. The van der Waals surface area contributed by atoms with E-state index in [4.69, 9.17) is 0 Å². The van der Waals surface area contributed by atoms with Gasteiger partial charge in [-0.2, -0.15) is 5.10 Å². The first-order chi connectivity index (χ1) is 14.1. The summed E-state index contributed by atoms with van der Waals surface area (Å²) in [4.78, 5) is 24.5. The highest BCUT2D eigenvalue weighted by molar-refractivity contribution is 9.10. The number of hydrogen-bond donors (Lipinski definition) is 1. The monoisotopic (exact) mass is 451 g/mol. The SMILES string of the molecule is O=C(Cn1nc(-c2ccc(Br)cc2)ccc1=O)Nc1ccc(-n2cnnn2)cc1. The molecule has 0 spiro atoms. The normalized spacial score (nSPS) is 10.7. The van der Waals surface area contributed by atoms with E-state index >= 15 is 0 Å². The van der Waals surface area contributed by atoms with E-state index in [2.05, 4.69) is 41.9 Å². The fraction of sp³-hybridized carbons (Fsp3) is 0.0526. The van der Waals surface area contributed by atoms with Crippen molar-refractivity contribution in [3.63, 3.8) is 0 Å². The molecular weight excluding hydrogens is 438 g/mol. The molecule has 10 heteroatoms. The van der Waals surface area contributed by atoms with Gasteiger partial charge < -0.3 is 5.32 Å². The summed E-state index contributed by atoms with van der Waals surface area (Å²) >= 11 is 3.38. The number of nitrogens with one attached hydrogen (secondary N) is 1. The third-order valence-electron chi connectivity index (χ3n) is 4.06. The van der Waals surface area contributed by atoms with Gasteiger partial charge in [0.1, 0.15) is 12.9 Å². The fourth-order valence-electron chi connectivity index (χ4n) is 2.65. The number of tetrazole rings is 1. The Balaban J connectivity index is 1.47. The maximum Gasteiger partial charge on any atom is 0.267 e. The topological polar surface area (TPSA) is 108 Å². The van der Waals surface area contributed by atoms with Crippen molar-refractivity contribution < 1.29 is 4.79 Å². The molecule has 0 fully saturated rings. The van der Waals surface area contributed by atoms with Crippen LogP contribution in [0, 0.1) is 0 Å². The second kappa shape index (κ2) is 8.15. The summed E-state index contributed by atoms with van der Waals surface area (Å²) < 4.78 is 3.59. The van der Waals surface area contributed by atoms with Gasteiger partial charge in [0.2, 0.25) is 5.91 Å². The van der Waals surface area contributed by atoms with Crippen LogP contribution in [0.25, 0.3) is 16.9 Å². The molecule has 0 radical (unpaired) electrons. The lowest BCUT2D eigenvalue weighted by atomic mass is 10.1. The molecule has 9 nitrogen and oxygen atoms in total. The highest BCUT2D eigenvalue weighted by Crippen LogP contribution is 2.18. The van der Waals surface area contributed by atoms with Crippen LogP contribution in [0.1, 0.15) is 0 Å². The fourth-order valence-corrected chi connectivity index (χ4v) is 2.91. The van der Waals surface area contributed by atoms with Crippen LogP contribution in [0.3, 0.4) is 0 Å². The van der Waals surface area contributed by atoms with E-state index in [0.717, 1.165) is 20.4 Å². The van der Waals surface area contributed by atoms with Crippen LogP contribution in [0.5, 0.6) is 0 Å². The predicted molar refractivity (Wildman–Crippen MR) is 109 cm³/mol. The smallest absolute Gasteiger partial charge is 0.267 e. The standard InChI is InChI=1S/C19H14BrN7O2/c20-14-3-1-13(2-4-14)17-9-10-19(29)26(23-17)11-18(28)22-15-5-7-16(8-6-15)27-12-21-24-25-27/h1-10,12H,11H2,(H,22,28). The van der Waals surface area contributed by atoms with Gasteiger partial charge in [0.05, 0.1) is 11.4 Å². The maximum absolute atomic E-state index is 12.4. The molecule has 1 N–H and O–H groups in total. The molecule has 0 aliphatic carbocycles. The zero-order valence-electron chi connectivity index (χ0n) is 14.9. The van der Waals surface area contributed by atoms with Crippen LogP contribution in [-0.2, 0) is 11.3 Å². The van der Waals surface area contributed by atoms with Gasteiger partial charge >= 0.3 is 0 Å². The van der Waals surface area contributed by atoms with Gasteiger partial charge in [-0.05, 0) is 52.9 Å². The molecule has 1 amide bonds. The van der Waals surface area contributed by atoms with Crippen molar-refractivity contribution in [2.24, 2.45) is 0 Å². The molecule has 4 aromatic rings. The maximum atomic E-state index is 12.4. The van der Waals surface area contributed by atoms with Crippen LogP contribution >= 0.6 is 15.9 Å². The van der Waals surface area contributed by atoms with Crippen molar-refractivity contribution >= 4 is 27.5 Å². The lowest BCUT2D eigenvalue weighted by Gasteiger charge is -2.09. The second-order valence-electron chi connectivity index (χ2n) is 6.07. The highest BCUT2D eigenvalue weighted by Gasteiger charge is 2.09. The van der Waals surface area contributed by atoms with Crippen LogP contribution in [0.4, 0.5) is 5.69 Å². The number of carbonyl (C=O) groups is 1. The minimum absolute atomic E-state index is 0.196. The quantitative estimate of drug-likeness (QED) is 0.498. The van der Waals surface area contributed by atoms with Crippen LogP contribution in [-0.4, -0.2) is 35.9 Å². The lowest BCUT2D eigenvalue weighted by molar-refractivity contribution is -0.117. The van der Waals surface area contributed by atoms with Gasteiger partial charge in [-0.3, -0.25) is 9.59 Å². The Bertz CT molecular complexity index is 1190. The first-order valence-corrected chi connectivity index (χ1v) is 9.35. The molecule has 2 heterocycles. The minimum atomic E-state index is -0.359. The third kappa shape index (κ3) is 4.43. The van der Waals surface area contributed by atoms with Crippen LogP contribution in [0.15, 0.2) is 76.3 Å². The van der Waals surface area contributed by atoms with Gasteiger partial charge in [0, 0.05) is 21.8 Å². The molecule has 0 bridgehead atoms. The number of rotatable bonds is 5. The zero-order chi connectivity index (χ0) is 20.2. The van der Waals surface area contributed by atoms with Gasteiger partial charge in [-0.25, -0.2) is 9.36 Å². The van der Waals surface area contributed by atoms with Crippen molar-refractivity contribution in [1.82, 2.24) is 30.0 Å². The van der Waals surface area contributed by atoms with Crippen molar-refractivity contribution in [2.45, 2.75) is 6.54 Å². The Morgan fingerprint density at radius 2 is 1.76 bits per heavy atom. The molecule has 0 aliphatic rings.